The van der Waals surface area contributed by atoms with Crippen molar-refractivity contribution >= 4 is 35.8 Å². The number of carbonyl (C=O) groups excluding carboxylic acids is 1. The molecule has 1 saturated heterocycles. The molecule has 0 radical (unpaired) electrons. The van der Waals surface area contributed by atoms with Crippen molar-refractivity contribution in [3.63, 3.8) is 0 Å². The topological polar surface area (TPSA) is 93.9 Å². The number of guanidine groups is 1. The second-order valence-corrected chi connectivity index (χ2v) is 5.41. The molecule has 1 aromatic carbocycles. The van der Waals surface area contributed by atoms with E-state index >= 15 is 0 Å². The van der Waals surface area contributed by atoms with Gasteiger partial charge in [0.1, 0.15) is 0 Å². The number of carbonyl (C=O) groups is 1. The van der Waals surface area contributed by atoms with Gasteiger partial charge in [-0.3, -0.25) is 4.79 Å². The number of nitrogens with zero attached hydrogens (tertiary/aromatic N) is 2. The Hall–Kier alpha value is -1.35. The molecule has 6 nitrogen and oxygen atoms in total. The molecule has 4 N–H and O–H groups in total. The summed E-state index contributed by atoms with van der Waals surface area (Å²) in [7, 11) is 0. The van der Waals surface area contributed by atoms with E-state index in [1.807, 2.05) is 43.0 Å². The average molecular weight is 418 g/mol. The molecule has 1 aromatic rings. The van der Waals surface area contributed by atoms with Crippen LogP contribution in [0.3, 0.4) is 0 Å². The SMILES string of the molecule is CC1CN(C(=O)c2ccc(CN=C(N)N)cc2)CC(C)O1.I. The van der Waals surface area contributed by atoms with Gasteiger partial charge in [-0.05, 0) is 31.5 Å². The normalized spacial score (nSPS) is 20.9. The quantitative estimate of drug-likeness (QED) is 0.440. The predicted molar refractivity (Wildman–Crippen MR) is 97.3 cm³/mol. The lowest BCUT2D eigenvalue weighted by Gasteiger charge is -2.35. The molecule has 1 aliphatic rings. The number of aliphatic imine (C=N–C) groups is 1. The zero-order chi connectivity index (χ0) is 15.4. The average Bonchev–Trinajstić information content (AvgIpc) is 2.44. The van der Waals surface area contributed by atoms with Gasteiger partial charge in [-0.2, -0.15) is 0 Å². The summed E-state index contributed by atoms with van der Waals surface area (Å²) in [5.74, 6) is 0.0943. The third-order valence-corrected chi connectivity index (χ3v) is 3.35. The van der Waals surface area contributed by atoms with Crippen molar-refractivity contribution in [2.75, 3.05) is 13.1 Å². The molecule has 7 heteroatoms. The van der Waals surface area contributed by atoms with Gasteiger partial charge in [-0.15, -0.1) is 24.0 Å². The molecule has 0 saturated carbocycles. The smallest absolute Gasteiger partial charge is 0.254 e. The van der Waals surface area contributed by atoms with Gasteiger partial charge in [-0.1, -0.05) is 12.1 Å². The Morgan fingerprint density at radius 2 is 1.77 bits per heavy atom. The Balaban J connectivity index is 0.00000242. The monoisotopic (exact) mass is 418 g/mol. The van der Waals surface area contributed by atoms with Crippen molar-refractivity contribution in [1.82, 2.24) is 4.90 Å². The van der Waals surface area contributed by atoms with E-state index in [0.29, 0.717) is 25.2 Å². The number of hydrogen-bond donors (Lipinski definition) is 2. The largest absolute Gasteiger partial charge is 0.372 e. The van der Waals surface area contributed by atoms with Crippen LogP contribution < -0.4 is 11.5 Å². The first-order valence-electron chi connectivity index (χ1n) is 7.04. The standard InChI is InChI=1S/C15H22N4O2.HI/c1-10-8-19(9-11(2)21-10)14(20)13-5-3-12(4-6-13)7-18-15(16)17;/h3-6,10-11H,7-9H2,1-2H3,(H4,16,17,18);1H. The predicted octanol–water partition coefficient (Wildman–Crippen LogP) is 1.33. The second kappa shape index (κ2) is 8.33. The summed E-state index contributed by atoms with van der Waals surface area (Å²) >= 11 is 0. The molecule has 2 rings (SSSR count). The minimum Gasteiger partial charge on any atom is -0.372 e. The van der Waals surface area contributed by atoms with Crippen molar-refractivity contribution in [2.45, 2.75) is 32.6 Å². The van der Waals surface area contributed by atoms with E-state index in [-0.39, 0.29) is 48.1 Å². The van der Waals surface area contributed by atoms with Crippen LogP contribution in [0.5, 0.6) is 0 Å². The Kier molecular flexibility index (Phi) is 7.08. The van der Waals surface area contributed by atoms with Gasteiger partial charge in [0.2, 0.25) is 0 Å². The van der Waals surface area contributed by atoms with E-state index in [1.165, 1.54) is 0 Å². The molecule has 22 heavy (non-hydrogen) atoms. The summed E-state index contributed by atoms with van der Waals surface area (Å²) in [5, 5.41) is 0. The lowest BCUT2D eigenvalue weighted by Crippen LogP contribution is -2.48. The molecule has 1 aliphatic heterocycles. The number of amides is 1. The van der Waals surface area contributed by atoms with E-state index in [9.17, 15) is 4.79 Å². The molecular formula is C15H23IN4O2. The molecule has 0 aromatic heterocycles. The lowest BCUT2D eigenvalue weighted by atomic mass is 10.1. The summed E-state index contributed by atoms with van der Waals surface area (Å²) in [4.78, 5) is 18.2. The Bertz CT molecular complexity index is 519. The van der Waals surface area contributed by atoms with E-state index < -0.39 is 0 Å². The third kappa shape index (κ3) is 5.13. The van der Waals surface area contributed by atoms with Gasteiger partial charge < -0.3 is 21.1 Å². The Labute approximate surface area is 147 Å². The molecule has 122 valence electrons. The zero-order valence-corrected chi connectivity index (χ0v) is 15.2. The zero-order valence-electron chi connectivity index (χ0n) is 12.9. The molecule has 2 unspecified atom stereocenters. The first-order valence-corrected chi connectivity index (χ1v) is 7.04. The third-order valence-electron chi connectivity index (χ3n) is 3.35. The highest BCUT2D eigenvalue weighted by molar-refractivity contribution is 14.0. The Morgan fingerprint density at radius 3 is 2.27 bits per heavy atom. The minimum absolute atomic E-state index is 0. The van der Waals surface area contributed by atoms with Crippen LogP contribution in [0.2, 0.25) is 0 Å². The fourth-order valence-corrected chi connectivity index (χ4v) is 2.46. The molecule has 0 aliphatic carbocycles. The van der Waals surface area contributed by atoms with Gasteiger partial charge in [0, 0.05) is 18.7 Å². The number of rotatable bonds is 3. The van der Waals surface area contributed by atoms with Gasteiger partial charge >= 0.3 is 0 Å². The minimum atomic E-state index is 0. The highest BCUT2D eigenvalue weighted by Crippen LogP contribution is 2.15. The first-order chi connectivity index (χ1) is 9.95. The van der Waals surface area contributed by atoms with E-state index in [2.05, 4.69) is 4.99 Å². The highest BCUT2D eigenvalue weighted by atomic mass is 127. The van der Waals surface area contributed by atoms with Gasteiger partial charge in [0.05, 0.1) is 18.8 Å². The fraction of sp³-hybridized carbons (Fsp3) is 0.467. The molecular weight excluding hydrogens is 395 g/mol. The maximum Gasteiger partial charge on any atom is 0.254 e. The van der Waals surface area contributed by atoms with Crippen LogP contribution in [-0.2, 0) is 11.3 Å². The second-order valence-electron chi connectivity index (χ2n) is 5.41. The van der Waals surface area contributed by atoms with Crippen molar-refractivity contribution in [1.29, 1.82) is 0 Å². The highest BCUT2D eigenvalue weighted by Gasteiger charge is 2.26. The van der Waals surface area contributed by atoms with E-state index in [4.69, 9.17) is 16.2 Å². The van der Waals surface area contributed by atoms with Crippen LogP contribution in [0.4, 0.5) is 0 Å². The summed E-state index contributed by atoms with van der Waals surface area (Å²) in [5.41, 5.74) is 12.2. The number of morpholine rings is 1. The maximum atomic E-state index is 12.5. The first kappa shape index (κ1) is 18.7. The number of hydrogen-bond acceptors (Lipinski definition) is 3. The van der Waals surface area contributed by atoms with Crippen LogP contribution in [0.25, 0.3) is 0 Å². The summed E-state index contributed by atoms with van der Waals surface area (Å²) < 4.78 is 5.64. The molecule has 1 amide bonds. The molecule has 2 atom stereocenters. The van der Waals surface area contributed by atoms with Crippen LogP contribution in [-0.4, -0.2) is 42.1 Å². The maximum absolute atomic E-state index is 12.5. The van der Waals surface area contributed by atoms with Gasteiger partial charge in [0.15, 0.2) is 5.96 Å². The molecule has 0 bridgehead atoms. The van der Waals surface area contributed by atoms with Gasteiger partial charge in [0.25, 0.3) is 5.91 Å². The Morgan fingerprint density at radius 1 is 1.23 bits per heavy atom. The van der Waals surface area contributed by atoms with Crippen molar-refractivity contribution < 1.29 is 9.53 Å². The van der Waals surface area contributed by atoms with Gasteiger partial charge in [-0.25, -0.2) is 4.99 Å². The van der Waals surface area contributed by atoms with Crippen LogP contribution in [0.15, 0.2) is 29.3 Å². The van der Waals surface area contributed by atoms with Crippen LogP contribution >= 0.6 is 24.0 Å². The number of benzene rings is 1. The summed E-state index contributed by atoms with van der Waals surface area (Å²) in [6.45, 7) is 5.63. The molecule has 0 spiro atoms. The fourth-order valence-electron chi connectivity index (χ4n) is 2.46. The number of nitrogens with two attached hydrogens (primary N) is 2. The summed E-state index contributed by atoms with van der Waals surface area (Å²) in [6, 6.07) is 7.36. The van der Waals surface area contributed by atoms with Crippen LogP contribution in [0, 0.1) is 0 Å². The van der Waals surface area contributed by atoms with Crippen molar-refractivity contribution in [3.8, 4) is 0 Å². The summed E-state index contributed by atoms with van der Waals surface area (Å²) in [6.07, 6.45) is 0.137. The molecule has 1 fully saturated rings. The van der Waals surface area contributed by atoms with E-state index in [1.54, 1.807) is 0 Å². The van der Waals surface area contributed by atoms with E-state index in [0.717, 1.165) is 5.56 Å². The number of halogens is 1. The number of ether oxygens (including phenoxy) is 1. The van der Waals surface area contributed by atoms with Crippen molar-refractivity contribution in [2.24, 2.45) is 16.5 Å². The molecule has 1 heterocycles. The lowest BCUT2D eigenvalue weighted by molar-refractivity contribution is -0.0586. The van der Waals surface area contributed by atoms with Crippen molar-refractivity contribution in [3.05, 3.63) is 35.4 Å². The van der Waals surface area contributed by atoms with Crippen LogP contribution in [0.1, 0.15) is 29.8 Å².